The molecular formula is C17H24N6O2. The van der Waals surface area contributed by atoms with E-state index in [1.54, 1.807) is 6.07 Å². The number of H-pyrrole nitrogens is 1. The normalized spacial score (nSPS) is 17.9. The molecule has 1 saturated heterocycles. The fraction of sp³-hybridized carbons (Fsp3) is 0.529. The van der Waals surface area contributed by atoms with Crippen LogP contribution in [0.3, 0.4) is 0 Å². The molecule has 25 heavy (non-hydrogen) atoms. The zero-order valence-electron chi connectivity index (χ0n) is 14.6. The minimum atomic E-state index is -0.549. The van der Waals surface area contributed by atoms with Gasteiger partial charge in [0, 0.05) is 36.9 Å². The first-order valence-corrected chi connectivity index (χ1v) is 8.61. The highest BCUT2D eigenvalue weighted by molar-refractivity contribution is 5.90. The molecule has 1 aliphatic heterocycles. The average molecular weight is 344 g/mol. The van der Waals surface area contributed by atoms with Crippen molar-refractivity contribution in [3.63, 3.8) is 0 Å². The molecule has 0 aromatic carbocycles. The van der Waals surface area contributed by atoms with Crippen molar-refractivity contribution in [2.75, 3.05) is 13.1 Å². The largest absolute Gasteiger partial charge is 0.364 e. The molecule has 0 spiro atoms. The predicted molar refractivity (Wildman–Crippen MR) is 92.0 cm³/mol. The number of amides is 2. The number of nitrogens with zero attached hydrogens (tertiary/aromatic N) is 4. The summed E-state index contributed by atoms with van der Waals surface area (Å²) in [4.78, 5) is 25.7. The van der Waals surface area contributed by atoms with E-state index in [1.165, 1.54) is 0 Å². The van der Waals surface area contributed by atoms with Gasteiger partial charge in [0.1, 0.15) is 5.69 Å². The Balaban J connectivity index is 1.63. The van der Waals surface area contributed by atoms with Gasteiger partial charge >= 0.3 is 0 Å². The molecule has 0 radical (unpaired) electrons. The highest BCUT2D eigenvalue weighted by Crippen LogP contribution is 2.26. The Morgan fingerprint density at radius 1 is 1.44 bits per heavy atom. The maximum absolute atomic E-state index is 12.6. The Morgan fingerprint density at radius 3 is 2.88 bits per heavy atom. The van der Waals surface area contributed by atoms with Crippen molar-refractivity contribution in [2.45, 2.75) is 45.1 Å². The van der Waals surface area contributed by atoms with E-state index in [-0.39, 0.29) is 23.6 Å². The van der Waals surface area contributed by atoms with Crippen molar-refractivity contribution in [2.24, 2.45) is 5.73 Å². The zero-order chi connectivity index (χ0) is 18.0. The quantitative estimate of drug-likeness (QED) is 0.850. The topological polar surface area (TPSA) is 110 Å². The third-order valence-electron chi connectivity index (χ3n) is 4.59. The van der Waals surface area contributed by atoms with E-state index < -0.39 is 5.91 Å². The number of aromatic nitrogens is 4. The summed E-state index contributed by atoms with van der Waals surface area (Å²) in [5, 5.41) is 11.3. The molecule has 1 atom stereocenters. The molecule has 0 saturated carbocycles. The predicted octanol–water partition coefficient (Wildman–Crippen LogP) is 1.23. The van der Waals surface area contributed by atoms with Crippen molar-refractivity contribution in [3.8, 4) is 0 Å². The van der Waals surface area contributed by atoms with Crippen LogP contribution in [0.5, 0.6) is 0 Å². The number of piperidine rings is 1. The van der Waals surface area contributed by atoms with Gasteiger partial charge < -0.3 is 10.6 Å². The van der Waals surface area contributed by atoms with Crippen LogP contribution in [-0.2, 0) is 11.2 Å². The second-order valence-corrected chi connectivity index (χ2v) is 6.81. The Labute approximate surface area is 146 Å². The van der Waals surface area contributed by atoms with Crippen molar-refractivity contribution >= 4 is 11.8 Å². The van der Waals surface area contributed by atoms with Gasteiger partial charge in [0.15, 0.2) is 0 Å². The van der Waals surface area contributed by atoms with Gasteiger partial charge in [-0.15, -0.1) is 0 Å². The fourth-order valence-electron chi connectivity index (χ4n) is 3.16. The van der Waals surface area contributed by atoms with E-state index in [0.29, 0.717) is 13.0 Å². The Morgan fingerprint density at radius 2 is 2.24 bits per heavy atom. The number of nitrogens with one attached hydrogen (secondary N) is 1. The minimum absolute atomic E-state index is 0.0772. The molecule has 2 aromatic rings. The number of hydrogen-bond acceptors (Lipinski definition) is 4. The van der Waals surface area contributed by atoms with Gasteiger partial charge in [-0.05, 0) is 38.8 Å². The summed E-state index contributed by atoms with van der Waals surface area (Å²) in [5.41, 5.74) is 7.13. The molecule has 3 heterocycles. The van der Waals surface area contributed by atoms with Crippen LogP contribution in [0.15, 0.2) is 18.3 Å². The van der Waals surface area contributed by atoms with E-state index >= 15 is 0 Å². The van der Waals surface area contributed by atoms with Crippen molar-refractivity contribution in [1.29, 1.82) is 0 Å². The molecule has 134 valence electrons. The molecule has 3 rings (SSSR count). The average Bonchev–Trinajstić information content (AvgIpc) is 3.24. The monoisotopic (exact) mass is 344 g/mol. The van der Waals surface area contributed by atoms with Crippen LogP contribution in [-0.4, -0.2) is 49.8 Å². The molecular weight excluding hydrogens is 320 g/mol. The molecule has 3 N–H and O–H groups in total. The standard InChI is InChI=1S/C17H24N6O2/c1-11(2)23-7-5-13(21-23)8-16(24)22-6-3-4-12(10-22)14-9-15(17(18)25)20-19-14/h5,7,9,11-12H,3-4,6,8,10H2,1-2H3,(H2,18,25)(H,19,20)/t12-/m0/s1. The second kappa shape index (κ2) is 7.08. The highest BCUT2D eigenvalue weighted by atomic mass is 16.2. The van der Waals surface area contributed by atoms with Gasteiger partial charge in [-0.25, -0.2) is 0 Å². The number of carbonyl (C=O) groups is 2. The zero-order valence-corrected chi connectivity index (χ0v) is 14.6. The van der Waals surface area contributed by atoms with Gasteiger partial charge in [-0.1, -0.05) is 0 Å². The summed E-state index contributed by atoms with van der Waals surface area (Å²) in [5.74, 6) is -0.327. The van der Waals surface area contributed by atoms with Crippen LogP contribution < -0.4 is 5.73 Å². The lowest BCUT2D eigenvalue weighted by Crippen LogP contribution is -2.40. The fourth-order valence-corrected chi connectivity index (χ4v) is 3.16. The van der Waals surface area contributed by atoms with Crippen LogP contribution in [0, 0.1) is 0 Å². The van der Waals surface area contributed by atoms with Gasteiger partial charge in [0.25, 0.3) is 5.91 Å². The van der Waals surface area contributed by atoms with Crippen LogP contribution >= 0.6 is 0 Å². The van der Waals surface area contributed by atoms with Crippen molar-refractivity contribution in [3.05, 3.63) is 35.4 Å². The Bertz CT molecular complexity index is 763. The van der Waals surface area contributed by atoms with E-state index in [4.69, 9.17) is 5.73 Å². The molecule has 8 nitrogen and oxygen atoms in total. The Hall–Kier alpha value is -2.64. The summed E-state index contributed by atoms with van der Waals surface area (Å²) < 4.78 is 1.86. The first-order chi connectivity index (χ1) is 11.9. The van der Waals surface area contributed by atoms with Gasteiger partial charge in [0.05, 0.1) is 12.1 Å². The smallest absolute Gasteiger partial charge is 0.269 e. The molecule has 1 fully saturated rings. The van der Waals surface area contributed by atoms with Crippen LogP contribution in [0.2, 0.25) is 0 Å². The number of primary amides is 1. The number of nitrogens with two attached hydrogens (primary N) is 1. The molecule has 0 aliphatic carbocycles. The Kier molecular flexibility index (Phi) is 4.87. The summed E-state index contributed by atoms with van der Waals surface area (Å²) in [7, 11) is 0. The number of hydrogen-bond donors (Lipinski definition) is 2. The van der Waals surface area contributed by atoms with E-state index in [0.717, 1.165) is 30.8 Å². The first-order valence-electron chi connectivity index (χ1n) is 8.61. The lowest BCUT2D eigenvalue weighted by molar-refractivity contribution is -0.131. The summed E-state index contributed by atoms with van der Waals surface area (Å²) in [6.07, 6.45) is 4.08. The first kappa shape index (κ1) is 17.2. The molecule has 2 amide bonds. The van der Waals surface area contributed by atoms with Gasteiger partial charge in [-0.3, -0.25) is 19.4 Å². The molecule has 0 bridgehead atoms. The molecule has 0 unspecified atom stereocenters. The number of rotatable bonds is 5. The van der Waals surface area contributed by atoms with Crippen molar-refractivity contribution in [1.82, 2.24) is 24.9 Å². The van der Waals surface area contributed by atoms with Crippen LogP contribution in [0.1, 0.15) is 60.5 Å². The minimum Gasteiger partial charge on any atom is -0.364 e. The van der Waals surface area contributed by atoms with Crippen LogP contribution in [0.4, 0.5) is 0 Å². The summed E-state index contributed by atoms with van der Waals surface area (Å²) in [6.45, 7) is 5.47. The number of carbonyl (C=O) groups excluding carboxylic acids is 2. The van der Waals surface area contributed by atoms with E-state index in [9.17, 15) is 9.59 Å². The van der Waals surface area contributed by atoms with Gasteiger partial charge in [-0.2, -0.15) is 10.2 Å². The maximum atomic E-state index is 12.6. The molecule has 1 aliphatic rings. The SMILES string of the molecule is CC(C)n1ccc(CC(=O)N2CCC[C@H](c3cc(C(N)=O)n[nH]3)C2)n1. The van der Waals surface area contributed by atoms with Crippen LogP contribution in [0.25, 0.3) is 0 Å². The van der Waals surface area contributed by atoms with Crippen molar-refractivity contribution < 1.29 is 9.59 Å². The lowest BCUT2D eigenvalue weighted by atomic mass is 9.94. The van der Waals surface area contributed by atoms with E-state index in [2.05, 4.69) is 29.1 Å². The number of aromatic amines is 1. The number of likely N-dealkylation sites (tertiary alicyclic amines) is 1. The summed E-state index contributed by atoms with van der Waals surface area (Å²) in [6, 6.07) is 3.86. The second-order valence-electron chi connectivity index (χ2n) is 6.81. The third kappa shape index (κ3) is 3.89. The van der Waals surface area contributed by atoms with E-state index in [1.807, 2.05) is 21.8 Å². The highest BCUT2D eigenvalue weighted by Gasteiger charge is 2.26. The lowest BCUT2D eigenvalue weighted by Gasteiger charge is -2.32. The molecule has 8 heteroatoms. The maximum Gasteiger partial charge on any atom is 0.269 e. The molecule has 2 aromatic heterocycles. The third-order valence-corrected chi connectivity index (χ3v) is 4.59. The van der Waals surface area contributed by atoms with Gasteiger partial charge in [0.2, 0.25) is 5.91 Å². The summed E-state index contributed by atoms with van der Waals surface area (Å²) >= 11 is 0.